The highest BCUT2D eigenvalue weighted by Gasteiger charge is 2.38. The number of ether oxygens (including phenoxy) is 1. The topological polar surface area (TPSA) is 91.7 Å². The Balaban J connectivity index is 1.51. The van der Waals surface area contributed by atoms with Crippen molar-refractivity contribution >= 4 is 5.91 Å². The molecule has 7 nitrogen and oxygen atoms in total. The number of terminal acetylenes is 1. The molecule has 3 rings (SSSR count). The largest absolute Gasteiger partial charge is 0.381 e. The van der Waals surface area contributed by atoms with E-state index in [1.54, 1.807) is 6.20 Å². The maximum absolute atomic E-state index is 12.4. The van der Waals surface area contributed by atoms with Crippen LogP contribution in [0, 0.1) is 12.3 Å². The Morgan fingerprint density at radius 2 is 2.22 bits per heavy atom. The van der Waals surface area contributed by atoms with E-state index in [1.165, 1.54) is 0 Å². The monoisotopic (exact) mass is 315 g/mol. The molecular weight excluding hydrogens is 294 g/mol. The van der Waals surface area contributed by atoms with Crippen molar-refractivity contribution in [3.05, 3.63) is 17.5 Å². The molecule has 0 atom stereocenters. The van der Waals surface area contributed by atoms with Crippen LogP contribution in [0.3, 0.4) is 0 Å². The summed E-state index contributed by atoms with van der Waals surface area (Å²) in [6, 6.07) is 0. The number of carbonyl (C=O) groups excluding carboxylic acids is 1. The van der Waals surface area contributed by atoms with E-state index in [2.05, 4.69) is 31.7 Å². The Kier molecular flexibility index (Phi) is 4.72. The first-order valence-corrected chi connectivity index (χ1v) is 8.01. The molecule has 0 radical (unpaired) electrons. The number of hydrogen-bond donors (Lipinski definition) is 2. The lowest BCUT2D eigenvalue weighted by atomic mass is 9.94. The van der Waals surface area contributed by atoms with Crippen LogP contribution in [-0.2, 0) is 4.74 Å². The minimum Gasteiger partial charge on any atom is -0.381 e. The van der Waals surface area contributed by atoms with Gasteiger partial charge in [0.05, 0.1) is 17.5 Å². The van der Waals surface area contributed by atoms with Crippen LogP contribution in [0.5, 0.6) is 0 Å². The average Bonchev–Trinajstić information content (AvgIpc) is 3.17. The molecule has 1 aromatic heterocycles. The number of aromatic amines is 1. The highest BCUT2D eigenvalue weighted by molar-refractivity contribution is 5.95. The zero-order chi connectivity index (χ0) is 16.1. The number of carbonyl (C=O) groups is 1. The van der Waals surface area contributed by atoms with Gasteiger partial charge in [-0.15, -0.1) is 12.3 Å². The van der Waals surface area contributed by atoms with Crippen molar-refractivity contribution in [2.75, 3.05) is 19.8 Å². The fourth-order valence-electron chi connectivity index (χ4n) is 2.91. The summed E-state index contributed by atoms with van der Waals surface area (Å²) in [5, 5.41) is 18.1. The van der Waals surface area contributed by atoms with Gasteiger partial charge in [-0.25, -0.2) is 0 Å². The van der Waals surface area contributed by atoms with E-state index in [0.717, 1.165) is 38.2 Å². The Morgan fingerprint density at radius 3 is 2.91 bits per heavy atom. The summed E-state index contributed by atoms with van der Waals surface area (Å²) in [6.07, 6.45) is 10.8. The first kappa shape index (κ1) is 15.7. The first-order valence-electron chi connectivity index (χ1n) is 8.01. The predicted octanol–water partition coefficient (Wildman–Crippen LogP) is 2.00. The molecule has 2 N–H and O–H groups in total. The molecular formula is C16H21N5O2. The molecule has 0 unspecified atom stereocenters. The molecule has 0 saturated carbocycles. The van der Waals surface area contributed by atoms with Gasteiger partial charge >= 0.3 is 0 Å². The van der Waals surface area contributed by atoms with Gasteiger partial charge in [0.2, 0.25) is 0 Å². The Bertz CT molecular complexity index is 619. The maximum atomic E-state index is 12.4. The van der Waals surface area contributed by atoms with E-state index in [0.29, 0.717) is 30.9 Å². The molecule has 122 valence electrons. The van der Waals surface area contributed by atoms with Gasteiger partial charge in [0.1, 0.15) is 0 Å². The summed E-state index contributed by atoms with van der Waals surface area (Å²) in [5.74, 6) is 2.80. The molecule has 2 aliphatic rings. The van der Waals surface area contributed by atoms with E-state index in [-0.39, 0.29) is 11.6 Å². The zero-order valence-corrected chi connectivity index (χ0v) is 13.0. The third kappa shape index (κ3) is 3.77. The summed E-state index contributed by atoms with van der Waals surface area (Å²) >= 11 is 0. The fraction of sp³-hybridized carbons (Fsp3) is 0.625. The number of nitrogens with zero attached hydrogens (tertiary/aromatic N) is 3. The molecule has 7 heteroatoms. The highest BCUT2D eigenvalue weighted by atomic mass is 16.5. The van der Waals surface area contributed by atoms with Crippen LogP contribution < -0.4 is 5.32 Å². The van der Waals surface area contributed by atoms with Gasteiger partial charge in [-0.1, -0.05) is 0 Å². The number of rotatable bonds is 7. The summed E-state index contributed by atoms with van der Waals surface area (Å²) in [6.45, 7) is 1.98. The predicted molar refractivity (Wildman–Crippen MR) is 84.0 cm³/mol. The van der Waals surface area contributed by atoms with Crippen molar-refractivity contribution in [1.82, 2.24) is 15.5 Å². The van der Waals surface area contributed by atoms with Crippen LogP contribution in [0.15, 0.2) is 16.4 Å². The molecule has 0 aromatic carbocycles. The third-order valence-electron chi connectivity index (χ3n) is 4.41. The lowest BCUT2D eigenvalue weighted by Crippen LogP contribution is -2.29. The Morgan fingerprint density at radius 1 is 1.43 bits per heavy atom. The quantitative estimate of drug-likeness (QED) is 0.754. The number of aromatic nitrogens is 2. The Hall–Kier alpha value is -2.20. The molecule has 1 saturated heterocycles. The van der Waals surface area contributed by atoms with Gasteiger partial charge in [-0.3, -0.25) is 9.89 Å². The van der Waals surface area contributed by atoms with Crippen molar-refractivity contribution in [2.45, 2.75) is 43.7 Å². The van der Waals surface area contributed by atoms with Gasteiger partial charge in [0.15, 0.2) is 5.66 Å². The minimum absolute atomic E-state index is 0.104. The Labute approximate surface area is 135 Å². The summed E-state index contributed by atoms with van der Waals surface area (Å²) in [4.78, 5) is 12.4. The molecule has 0 aliphatic carbocycles. The normalized spacial score (nSPS) is 19.3. The van der Waals surface area contributed by atoms with Gasteiger partial charge in [-0.05, 0) is 12.8 Å². The lowest BCUT2D eigenvalue weighted by Gasteiger charge is -2.21. The van der Waals surface area contributed by atoms with Crippen molar-refractivity contribution < 1.29 is 9.53 Å². The average molecular weight is 315 g/mol. The van der Waals surface area contributed by atoms with Crippen molar-refractivity contribution in [2.24, 2.45) is 10.2 Å². The van der Waals surface area contributed by atoms with Gasteiger partial charge in [-0.2, -0.15) is 15.3 Å². The molecule has 23 heavy (non-hydrogen) atoms. The third-order valence-corrected chi connectivity index (χ3v) is 4.41. The van der Waals surface area contributed by atoms with E-state index < -0.39 is 0 Å². The summed E-state index contributed by atoms with van der Waals surface area (Å²) < 4.78 is 5.37. The van der Waals surface area contributed by atoms with E-state index >= 15 is 0 Å². The van der Waals surface area contributed by atoms with Crippen molar-refractivity contribution in [1.29, 1.82) is 0 Å². The molecule has 2 aliphatic heterocycles. The van der Waals surface area contributed by atoms with Crippen LogP contribution in [-0.4, -0.2) is 41.5 Å². The van der Waals surface area contributed by atoms with Crippen molar-refractivity contribution in [3.63, 3.8) is 0 Å². The second-order valence-electron chi connectivity index (χ2n) is 5.98. The molecule has 1 fully saturated rings. The number of nitrogens with one attached hydrogen (secondary N) is 2. The van der Waals surface area contributed by atoms with E-state index in [1.807, 2.05) is 0 Å². The zero-order valence-electron chi connectivity index (χ0n) is 13.0. The molecule has 0 bridgehead atoms. The standard InChI is InChI=1S/C16H21N5O2/c1-2-3-6-16(20-21-16)7-8-17-15(22)13-11-18-19-14(13)12-4-9-23-10-5-12/h1,11-12H,3-10H2,(H,17,22)(H,18,19). The minimum atomic E-state index is -0.362. The molecule has 1 amide bonds. The van der Waals surface area contributed by atoms with Gasteiger partial charge in [0.25, 0.3) is 5.91 Å². The van der Waals surface area contributed by atoms with Crippen LogP contribution in [0.25, 0.3) is 0 Å². The molecule has 1 aromatic rings. The van der Waals surface area contributed by atoms with Crippen molar-refractivity contribution in [3.8, 4) is 12.3 Å². The molecule has 3 heterocycles. The van der Waals surface area contributed by atoms with Gasteiger partial charge < -0.3 is 10.1 Å². The van der Waals surface area contributed by atoms with Crippen LogP contribution in [0.1, 0.15) is 54.1 Å². The SMILES string of the molecule is C#CCCC1(CCNC(=O)c2cn[nH]c2C2CCOCC2)N=N1. The van der Waals surface area contributed by atoms with Crippen LogP contribution in [0.2, 0.25) is 0 Å². The summed E-state index contributed by atoms with van der Waals surface area (Å²) in [7, 11) is 0. The second kappa shape index (κ2) is 6.92. The molecule has 0 spiro atoms. The van der Waals surface area contributed by atoms with Crippen LogP contribution in [0.4, 0.5) is 0 Å². The maximum Gasteiger partial charge on any atom is 0.254 e. The lowest BCUT2D eigenvalue weighted by molar-refractivity contribution is 0.0833. The highest BCUT2D eigenvalue weighted by Crippen LogP contribution is 2.36. The first-order chi connectivity index (χ1) is 11.2. The smallest absolute Gasteiger partial charge is 0.254 e. The van der Waals surface area contributed by atoms with Crippen LogP contribution >= 0.6 is 0 Å². The number of hydrogen-bond acceptors (Lipinski definition) is 5. The summed E-state index contributed by atoms with van der Waals surface area (Å²) in [5.41, 5.74) is 1.17. The fourth-order valence-corrected chi connectivity index (χ4v) is 2.91. The van der Waals surface area contributed by atoms with E-state index in [9.17, 15) is 4.79 Å². The van der Waals surface area contributed by atoms with E-state index in [4.69, 9.17) is 11.2 Å². The van der Waals surface area contributed by atoms with Gasteiger partial charge in [0, 0.05) is 44.9 Å². The number of amides is 1. The second-order valence-corrected chi connectivity index (χ2v) is 5.98. The number of H-pyrrole nitrogens is 1.